The van der Waals surface area contributed by atoms with Crippen LogP contribution in [0.2, 0.25) is 0 Å². The fourth-order valence-corrected chi connectivity index (χ4v) is 2.01. The summed E-state index contributed by atoms with van der Waals surface area (Å²) in [6, 6.07) is 6.96. The van der Waals surface area contributed by atoms with Gasteiger partial charge in [0, 0.05) is 11.8 Å². The number of hydrogen-bond donors (Lipinski definition) is 1. The largest absolute Gasteiger partial charge is 0.416 e. The van der Waals surface area contributed by atoms with Crippen molar-refractivity contribution in [2.45, 2.75) is 20.0 Å². The van der Waals surface area contributed by atoms with E-state index in [9.17, 15) is 18.0 Å². The molecule has 2 rings (SSSR count). The molecule has 0 amide bonds. The second-order valence-electron chi connectivity index (χ2n) is 4.44. The lowest BCUT2D eigenvalue weighted by atomic mass is 10.00. The van der Waals surface area contributed by atoms with Crippen molar-refractivity contribution in [1.29, 1.82) is 0 Å². The summed E-state index contributed by atoms with van der Waals surface area (Å²) in [5, 5.41) is 0. The number of benzene rings is 1. The molecule has 2 nitrogen and oxygen atoms in total. The molecular formula is C14H12F3NO. The third kappa shape index (κ3) is 2.86. The van der Waals surface area contributed by atoms with E-state index in [1.165, 1.54) is 25.1 Å². The lowest BCUT2D eigenvalue weighted by molar-refractivity contribution is -0.138. The van der Waals surface area contributed by atoms with E-state index in [-0.39, 0.29) is 11.1 Å². The number of aromatic nitrogens is 1. The van der Waals surface area contributed by atoms with Gasteiger partial charge < -0.3 is 4.98 Å². The molecule has 0 aliphatic heterocycles. The van der Waals surface area contributed by atoms with Crippen LogP contribution >= 0.6 is 0 Å². The van der Waals surface area contributed by atoms with E-state index >= 15 is 0 Å². The van der Waals surface area contributed by atoms with E-state index < -0.39 is 11.7 Å². The summed E-state index contributed by atoms with van der Waals surface area (Å²) < 4.78 is 38.0. The predicted molar refractivity (Wildman–Crippen MR) is 67.0 cm³/mol. The number of halogens is 3. The van der Waals surface area contributed by atoms with Crippen molar-refractivity contribution in [2.75, 3.05) is 0 Å². The second-order valence-corrected chi connectivity index (χ2v) is 4.44. The molecule has 1 aromatic heterocycles. The van der Waals surface area contributed by atoms with Crippen LogP contribution in [0.5, 0.6) is 0 Å². The number of aryl methyl sites for hydroxylation is 2. The second kappa shape index (κ2) is 4.57. The van der Waals surface area contributed by atoms with Gasteiger partial charge in [-0.15, -0.1) is 0 Å². The van der Waals surface area contributed by atoms with Crippen molar-refractivity contribution in [3.8, 4) is 11.1 Å². The summed E-state index contributed by atoms with van der Waals surface area (Å²) in [5.41, 5.74) is 1.09. The minimum absolute atomic E-state index is 0.142. The van der Waals surface area contributed by atoms with E-state index in [0.717, 1.165) is 6.07 Å². The quantitative estimate of drug-likeness (QED) is 0.840. The van der Waals surface area contributed by atoms with Crippen LogP contribution < -0.4 is 5.56 Å². The fourth-order valence-electron chi connectivity index (χ4n) is 2.01. The number of alkyl halides is 3. The van der Waals surface area contributed by atoms with Gasteiger partial charge in [0.05, 0.1) is 5.56 Å². The SMILES string of the molecule is Cc1cc(-c2ccc(C(F)(F)F)c(C)c2)cc(=O)[nH]1. The van der Waals surface area contributed by atoms with E-state index in [2.05, 4.69) is 4.98 Å². The highest BCUT2D eigenvalue weighted by Crippen LogP contribution is 2.33. The fraction of sp³-hybridized carbons (Fsp3) is 0.214. The number of hydrogen-bond acceptors (Lipinski definition) is 1. The highest BCUT2D eigenvalue weighted by Gasteiger charge is 2.32. The van der Waals surface area contributed by atoms with Crippen LogP contribution in [0.4, 0.5) is 13.2 Å². The summed E-state index contributed by atoms with van der Waals surface area (Å²) in [7, 11) is 0. The van der Waals surface area contributed by atoms with Gasteiger partial charge in [0.2, 0.25) is 5.56 Å². The first-order valence-electron chi connectivity index (χ1n) is 5.66. The van der Waals surface area contributed by atoms with Crippen LogP contribution in [-0.2, 0) is 6.18 Å². The molecule has 0 unspecified atom stereocenters. The maximum absolute atomic E-state index is 12.7. The molecule has 0 radical (unpaired) electrons. The van der Waals surface area contributed by atoms with E-state index in [1.807, 2.05) is 0 Å². The number of H-pyrrole nitrogens is 1. The summed E-state index contributed by atoms with van der Waals surface area (Å²) in [4.78, 5) is 14.0. The maximum Gasteiger partial charge on any atom is 0.416 e. The smallest absolute Gasteiger partial charge is 0.326 e. The van der Waals surface area contributed by atoms with Crippen molar-refractivity contribution in [1.82, 2.24) is 4.98 Å². The van der Waals surface area contributed by atoms with Crippen molar-refractivity contribution in [3.05, 3.63) is 57.5 Å². The lowest BCUT2D eigenvalue weighted by Gasteiger charge is -2.11. The predicted octanol–water partition coefficient (Wildman–Crippen LogP) is 3.68. The number of aromatic amines is 1. The zero-order valence-corrected chi connectivity index (χ0v) is 10.4. The van der Waals surface area contributed by atoms with Crippen LogP contribution in [0.15, 0.2) is 35.1 Å². The van der Waals surface area contributed by atoms with Crippen molar-refractivity contribution in [2.24, 2.45) is 0 Å². The summed E-state index contributed by atoms with van der Waals surface area (Å²) in [5.74, 6) is 0. The molecule has 1 N–H and O–H groups in total. The van der Waals surface area contributed by atoms with Gasteiger partial charge in [-0.2, -0.15) is 13.2 Å². The average molecular weight is 267 g/mol. The van der Waals surface area contributed by atoms with Crippen LogP contribution in [0.3, 0.4) is 0 Å². The maximum atomic E-state index is 12.7. The van der Waals surface area contributed by atoms with E-state index in [4.69, 9.17) is 0 Å². The average Bonchev–Trinajstić information content (AvgIpc) is 2.25. The molecule has 0 atom stereocenters. The molecule has 0 aliphatic carbocycles. The Balaban J connectivity index is 2.53. The molecule has 0 fully saturated rings. The Morgan fingerprint density at radius 3 is 2.21 bits per heavy atom. The normalized spacial score (nSPS) is 11.6. The molecule has 0 saturated carbocycles. The van der Waals surface area contributed by atoms with Gasteiger partial charge in [0.1, 0.15) is 0 Å². The standard InChI is InChI=1S/C14H12F3NO/c1-8-5-10(3-4-12(8)14(15,16)17)11-6-9(2)18-13(19)7-11/h3-7H,1-2H3,(H,18,19). The highest BCUT2D eigenvalue weighted by atomic mass is 19.4. The topological polar surface area (TPSA) is 32.9 Å². The number of rotatable bonds is 1. The van der Waals surface area contributed by atoms with Crippen molar-refractivity contribution in [3.63, 3.8) is 0 Å². The Hall–Kier alpha value is -2.04. The Bertz CT molecular complexity index is 671. The Morgan fingerprint density at radius 2 is 1.68 bits per heavy atom. The summed E-state index contributed by atoms with van der Waals surface area (Å²) in [6.45, 7) is 3.13. The molecule has 0 bridgehead atoms. The van der Waals surface area contributed by atoms with E-state index in [0.29, 0.717) is 16.8 Å². The molecule has 0 spiro atoms. The molecule has 1 aromatic carbocycles. The first-order chi connectivity index (χ1) is 8.77. The summed E-state index contributed by atoms with van der Waals surface area (Å²) in [6.07, 6.45) is -4.35. The van der Waals surface area contributed by atoms with Gasteiger partial charge in [-0.05, 0) is 42.7 Å². The molecule has 100 valence electrons. The molecule has 1 heterocycles. The molecule has 2 aromatic rings. The number of pyridine rings is 1. The lowest BCUT2D eigenvalue weighted by Crippen LogP contribution is -2.08. The zero-order valence-electron chi connectivity index (χ0n) is 10.4. The monoisotopic (exact) mass is 267 g/mol. The summed E-state index contributed by atoms with van der Waals surface area (Å²) >= 11 is 0. The minimum atomic E-state index is -4.35. The van der Waals surface area contributed by atoms with Gasteiger partial charge in [-0.25, -0.2) is 0 Å². The Kier molecular flexibility index (Phi) is 3.22. The van der Waals surface area contributed by atoms with Crippen LogP contribution in [-0.4, -0.2) is 4.98 Å². The van der Waals surface area contributed by atoms with E-state index in [1.54, 1.807) is 13.0 Å². The Labute approximate surface area is 107 Å². The van der Waals surface area contributed by atoms with Crippen LogP contribution in [0.1, 0.15) is 16.8 Å². The molecule has 0 aliphatic rings. The van der Waals surface area contributed by atoms with Gasteiger partial charge in [0.25, 0.3) is 0 Å². The third-order valence-electron chi connectivity index (χ3n) is 2.84. The molecule has 5 heteroatoms. The van der Waals surface area contributed by atoms with Crippen LogP contribution in [0, 0.1) is 13.8 Å². The molecule has 0 saturated heterocycles. The number of nitrogens with one attached hydrogen (secondary N) is 1. The van der Waals surface area contributed by atoms with Gasteiger partial charge in [-0.1, -0.05) is 12.1 Å². The van der Waals surface area contributed by atoms with Gasteiger partial charge in [-0.3, -0.25) is 4.79 Å². The van der Waals surface area contributed by atoms with Crippen molar-refractivity contribution < 1.29 is 13.2 Å². The first-order valence-corrected chi connectivity index (χ1v) is 5.66. The first kappa shape index (κ1) is 13.4. The molecular weight excluding hydrogens is 255 g/mol. The molecule has 19 heavy (non-hydrogen) atoms. The van der Waals surface area contributed by atoms with Crippen LogP contribution in [0.25, 0.3) is 11.1 Å². The Morgan fingerprint density at radius 1 is 1.00 bits per heavy atom. The van der Waals surface area contributed by atoms with Gasteiger partial charge >= 0.3 is 6.18 Å². The van der Waals surface area contributed by atoms with Gasteiger partial charge in [0.15, 0.2) is 0 Å². The highest BCUT2D eigenvalue weighted by molar-refractivity contribution is 5.65. The third-order valence-corrected chi connectivity index (χ3v) is 2.84. The van der Waals surface area contributed by atoms with Crippen molar-refractivity contribution >= 4 is 0 Å². The minimum Gasteiger partial charge on any atom is -0.326 e. The zero-order chi connectivity index (χ0) is 14.2.